The van der Waals surface area contributed by atoms with Gasteiger partial charge in [-0.1, -0.05) is 18.2 Å². The maximum absolute atomic E-state index is 12.8. The summed E-state index contributed by atoms with van der Waals surface area (Å²) in [6.45, 7) is 0.341. The fourth-order valence-corrected chi connectivity index (χ4v) is 2.14. The Balaban J connectivity index is 1.81. The maximum Gasteiger partial charge on any atom is 0.220 e. The highest BCUT2D eigenvalue weighted by molar-refractivity contribution is 5.97. The molecule has 0 unspecified atom stereocenters. The molecule has 2 aromatic rings. The van der Waals surface area contributed by atoms with Crippen molar-refractivity contribution in [2.75, 3.05) is 7.11 Å². The van der Waals surface area contributed by atoms with Gasteiger partial charge in [0.15, 0.2) is 5.78 Å². The lowest BCUT2D eigenvalue weighted by Crippen LogP contribution is -2.23. The van der Waals surface area contributed by atoms with Crippen molar-refractivity contribution >= 4 is 11.7 Å². The third-order valence-corrected chi connectivity index (χ3v) is 3.41. The number of carbonyl (C=O) groups is 2. The van der Waals surface area contributed by atoms with Gasteiger partial charge in [0.1, 0.15) is 11.6 Å². The Morgan fingerprint density at radius 1 is 1.04 bits per heavy atom. The molecule has 1 amide bonds. The van der Waals surface area contributed by atoms with Gasteiger partial charge in [-0.25, -0.2) is 4.39 Å². The molecule has 1 N–H and O–H groups in total. The summed E-state index contributed by atoms with van der Waals surface area (Å²) < 4.78 is 18.0. The first-order valence-corrected chi connectivity index (χ1v) is 7.27. The van der Waals surface area contributed by atoms with E-state index in [0.29, 0.717) is 17.9 Å². The summed E-state index contributed by atoms with van der Waals surface area (Å²) in [6.07, 6.45) is 0.175. The second-order valence-electron chi connectivity index (χ2n) is 5.02. The average Bonchev–Trinajstić information content (AvgIpc) is 2.58. The Morgan fingerprint density at radius 2 is 1.74 bits per heavy atom. The van der Waals surface area contributed by atoms with Gasteiger partial charge < -0.3 is 10.1 Å². The Hall–Kier alpha value is -2.69. The van der Waals surface area contributed by atoms with Crippen LogP contribution in [0.2, 0.25) is 0 Å². The fourth-order valence-electron chi connectivity index (χ4n) is 2.14. The van der Waals surface area contributed by atoms with Gasteiger partial charge >= 0.3 is 0 Å². The molecule has 0 aliphatic heterocycles. The minimum atomic E-state index is -0.392. The van der Waals surface area contributed by atoms with Crippen LogP contribution in [0.15, 0.2) is 48.5 Å². The molecule has 0 saturated carbocycles. The normalized spacial score (nSPS) is 10.2. The van der Waals surface area contributed by atoms with Gasteiger partial charge in [0.25, 0.3) is 0 Å². The van der Waals surface area contributed by atoms with Gasteiger partial charge in [-0.05, 0) is 30.3 Å². The van der Waals surface area contributed by atoms with Gasteiger partial charge in [-0.2, -0.15) is 0 Å². The summed E-state index contributed by atoms with van der Waals surface area (Å²) >= 11 is 0. The highest BCUT2D eigenvalue weighted by Gasteiger charge is 2.10. The molecule has 4 nitrogen and oxygen atoms in total. The Kier molecular flexibility index (Phi) is 5.86. The third kappa shape index (κ3) is 4.92. The zero-order chi connectivity index (χ0) is 16.7. The van der Waals surface area contributed by atoms with Crippen molar-refractivity contribution in [3.05, 3.63) is 65.5 Å². The molecule has 120 valence electrons. The molecule has 0 saturated heterocycles. The first-order valence-electron chi connectivity index (χ1n) is 7.27. The molecule has 0 bridgehead atoms. The summed E-state index contributed by atoms with van der Waals surface area (Å²) in [5.74, 6) is -0.0879. The predicted octanol–water partition coefficient (Wildman–Crippen LogP) is 3.11. The lowest BCUT2D eigenvalue weighted by Gasteiger charge is -2.09. The third-order valence-electron chi connectivity index (χ3n) is 3.41. The van der Waals surface area contributed by atoms with Crippen LogP contribution in [0.4, 0.5) is 4.39 Å². The Morgan fingerprint density at radius 3 is 2.43 bits per heavy atom. The van der Waals surface area contributed by atoms with E-state index in [1.807, 2.05) is 24.3 Å². The summed E-state index contributed by atoms with van der Waals surface area (Å²) in [4.78, 5) is 23.8. The number of hydrogen-bond donors (Lipinski definition) is 1. The van der Waals surface area contributed by atoms with E-state index < -0.39 is 5.82 Å². The average molecular weight is 315 g/mol. The summed E-state index contributed by atoms with van der Waals surface area (Å²) in [6, 6.07) is 12.7. The van der Waals surface area contributed by atoms with Gasteiger partial charge in [-0.3, -0.25) is 9.59 Å². The van der Waals surface area contributed by atoms with Crippen molar-refractivity contribution in [2.24, 2.45) is 0 Å². The number of para-hydroxylation sites is 1. The number of methoxy groups -OCH3 is 1. The molecule has 0 spiro atoms. The molecule has 0 aliphatic rings. The largest absolute Gasteiger partial charge is 0.496 e. The maximum atomic E-state index is 12.8. The van der Waals surface area contributed by atoms with Crippen molar-refractivity contribution in [3.63, 3.8) is 0 Å². The molecule has 23 heavy (non-hydrogen) atoms. The number of hydrogen-bond acceptors (Lipinski definition) is 3. The number of Topliss-reactive ketones (excluding diaryl/α,β-unsaturated/α-hetero) is 1. The van der Waals surface area contributed by atoms with Crippen molar-refractivity contribution in [1.82, 2.24) is 5.32 Å². The molecule has 0 fully saturated rings. The number of carbonyl (C=O) groups excluding carboxylic acids is 2. The first-order chi connectivity index (χ1) is 11.1. The molecule has 0 radical (unpaired) electrons. The van der Waals surface area contributed by atoms with E-state index in [1.165, 1.54) is 24.3 Å². The van der Waals surface area contributed by atoms with Crippen LogP contribution in [0.5, 0.6) is 5.75 Å². The monoisotopic (exact) mass is 315 g/mol. The van der Waals surface area contributed by atoms with Crippen molar-refractivity contribution in [1.29, 1.82) is 0 Å². The number of benzene rings is 2. The van der Waals surface area contributed by atoms with Gasteiger partial charge in [0.05, 0.1) is 7.11 Å². The standard InChI is InChI=1S/C18H18FNO3/c1-23-17-5-3-2-4-14(17)12-20-18(22)11-10-16(21)13-6-8-15(19)9-7-13/h2-9H,10-12H2,1H3,(H,20,22). The minimum absolute atomic E-state index is 0.0867. The predicted molar refractivity (Wildman–Crippen MR) is 84.8 cm³/mol. The SMILES string of the molecule is COc1ccccc1CNC(=O)CCC(=O)c1ccc(F)cc1. The molecule has 0 heterocycles. The number of ether oxygens (including phenoxy) is 1. The van der Waals surface area contributed by atoms with E-state index in [4.69, 9.17) is 4.74 Å². The lowest BCUT2D eigenvalue weighted by molar-refractivity contribution is -0.121. The Bertz CT molecular complexity index is 683. The van der Waals surface area contributed by atoms with E-state index >= 15 is 0 Å². The molecular weight excluding hydrogens is 297 g/mol. The van der Waals surface area contributed by atoms with Crippen LogP contribution >= 0.6 is 0 Å². The Labute approximate surface area is 134 Å². The van der Waals surface area contributed by atoms with Crippen LogP contribution in [0.25, 0.3) is 0 Å². The lowest BCUT2D eigenvalue weighted by atomic mass is 10.1. The van der Waals surface area contributed by atoms with Crippen LogP contribution in [-0.2, 0) is 11.3 Å². The molecule has 2 aromatic carbocycles. The molecule has 5 heteroatoms. The topological polar surface area (TPSA) is 55.4 Å². The molecule has 0 atom stereocenters. The van der Waals surface area contributed by atoms with Crippen molar-refractivity contribution in [3.8, 4) is 5.75 Å². The number of amides is 1. The summed E-state index contributed by atoms with van der Waals surface area (Å²) in [5.41, 5.74) is 1.28. The van der Waals surface area contributed by atoms with E-state index in [-0.39, 0.29) is 24.5 Å². The first kappa shape index (κ1) is 16.7. The quantitative estimate of drug-likeness (QED) is 0.799. The summed E-state index contributed by atoms with van der Waals surface area (Å²) in [7, 11) is 1.57. The second-order valence-corrected chi connectivity index (χ2v) is 5.02. The van der Waals surface area contributed by atoms with Gasteiger partial charge in [-0.15, -0.1) is 0 Å². The van der Waals surface area contributed by atoms with Crippen LogP contribution in [0.3, 0.4) is 0 Å². The number of nitrogens with one attached hydrogen (secondary N) is 1. The van der Waals surface area contributed by atoms with Gasteiger partial charge in [0.2, 0.25) is 5.91 Å². The van der Waals surface area contributed by atoms with Crippen molar-refractivity contribution < 1.29 is 18.7 Å². The molecule has 0 aromatic heterocycles. The highest BCUT2D eigenvalue weighted by Crippen LogP contribution is 2.16. The van der Waals surface area contributed by atoms with E-state index in [0.717, 1.165) is 5.56 Å². The zero-order valence-electron chi connectivity index (χ0n) is 12.8. The molecular formula is C18H18FNO3. The number of halogens is 1. The second kappa shape index (κ2) is 8.08. The minimum Gasteiger partial charge on any atom is -0.496 e. The fraction of sp³-hybridized carbons (Fsp3) is 0.222. The van der Waals surface area contributed by atoms with Crippen LogP contribution in [0, 0.1) is 5.82 Å². The van der Waals surface area contributed by atoms with Crippen LogP contribution < -0.4 is 10.1 Å². The van der Waals surface area contributed by atoms with E-state index in [2.05, 4.69) is 5.32 Å². The molecule has 0 aliphatic carbocycles. The van der Waals surface area contributed by atoms with Crippen LogP contribution in [-0.4, -0.2) is 18.8 Å². The smallest absolute Gasteiger partial charge is 0.220 e. The van der Waals surface area contributed by atoms with Gasteiger partial charge in [0, 0.05) is 30.5 Å². The zero-order valence-corrected chi connectivity index (χ0v) is 12.8. The highest BCUT2D eigenvalue weighted by atomic mass is 19.1. The van der Waals surface area contributed by atoms with Crippen LogP contribution in [0.1, 0.15) is 28.8 Å². The van der Waals surface area contributed by atoms with Crippen molar-refractivity contribution in [2.45, 2.75) is 19.4 Å². The van der Waals surface area contributed by atoms with E-state index in [9.17, 15) is 14.0 Å². The molecule has 2 rings (SSSR count). The summed E-state index contributed by atoms with van der Waals surface area (Å²) in [5, 5.41) is 2.76. The number of rotatable bonds is 7. The number of ketones is 1. The van der Waals surface area contributed by atoms with E-state index in [1.54, 1.807) is 7.11 Å².